The molecule has 2 amide bonds. The highest BCUT2D eigenvalue weighted by molar-refractivity contribution is 6.32. The van der Waals surface area contributed by atoms with Crippen molar-refractivity contribution >= 4 is 40.4 Å². The Bertz CT molecular complexity index is 1700. The van der Waals surface area contributed by atoms with Gasteiger partial charge in [0.05, 0.1) is 23.8 Å². The van der Waals surface area contributed by atoms with Crippen LogP contribution in [0, 0.1) is 0 Å². The number of nitrogens with one attached hydrogen (secondary N) is 1. The number of halogens is 1. The summed E-state index contributed by atoms with van der Waals surface area (Å²) in [7, 11) is 0. The van der Waals surface area contributed by atoms with E-state index in [2.05, 4.69) is 10.5 Å². The standard InChI is InChI=1S/C33H28ClN3O5/c34-29-18-25(10-12-30(29)38)33(40)36-35-19-26-11-13-31(28-9-5-4-8-27(26)28)42-22-32(39)37(20-24-15-17-41-21-24)16-14-23-6-2-1-3-7-23/h1-13,15,17-19,21,38H,14,16,20,22H2,(H,36,40)/b35-19+. The van der Waals surface area contributed by atoms with Gasteiger partial charge >= 0.3 is 0 Å². The molecule has 0 bridgehead atoms. The number of hydrogen-bond acceptors (Lipinski definition) is 6. The molecule has 212 valence electrons. The number of fused-ring (bicyclic) bond motifs is 1. The van der Waals surface area contributed by atoms with E-state index in [4.69, 9.17) is 20.8 Å². The van der Waals surface area contributed by atoms with Gasteiger partial charge in [0.15, 0.2) is 6.61 Å². The summed E-state index contributed by atoms with van der Waals surface area (Å²) in [6.45, 7) is 0.828. The van der Waals surface area contributed by atoms with Crippen LogP contribution in [0.15, 0.2) is 113 Å². The number of benzene rings is 4. The predicted octanol–water partition coefficient (Wildman–Crippen LogP) is 6.21. The summed E-state index contributed by atoms with van der Waals surface area (Å²) in [5.74, 6) is -0.155. The minimum atomic E-state index is -0.469. The number of carbonyl (C=O) groups is 2. The van der Waals surface area contributed by atoms with E-state index in [-0.39, 0.29) is 28.8 Å². The number of nitrogens with zero attached hydrogens (tertiary/aromatic N) is 2. The fourth-order valence-corrected chi connectivity index (χ4v) is 4.62. The first-order valence-electron chi connectivity index (χ1n) is 13.3. The number of phenols is 1. The highest BCUT2D eigenvalue weighted by atomic mass is 35.5. The van der Waals surface area contributed by atoms with Crippen LogP contribution in [0.5, 0.6) is 11.5 Å². The second kappa shape index (κ2) is 13.5. The highest BCUT2D eigenvalue weighted by Gasteiger charge is 2.17. The number of phenolic OH excluding ortho intramolecular Hbond substituents is 1. The minimum absolute atomic E-state index is 0.0764. The van der Waals surface area contributed by atoms with Gasteiger partial charge in [-0.05, 0) is 53.8 Å². The van der Waals surface area contributed by atoms with E-state index in [0.717, 1.165) is 33.9 Å². The van der Waals surface area contributed by atoms with Crippen LogP contribution in [0.25, 0.3) is 10.8 Å². The van der Waals surface area contributed by atoms with E-state index in [9.17, 15) is 14.7 Å². The smallest absolute Gasteiger partial charge is 0.271 e. The van der Waals surface area contributed by atoms with Crippen molar-refractivity contribution < 1.29 is 23.8 Å². The minimum Gasteiger partial charge on any atom is -0.506 e. The largest absolute Gasteiger partial charge is 0.506 e. The molecule has 0 aliphatic carbocycles. The fourth-order valence-electron chi connectivity index (χ4n) is 4.44. The molecule has 9 heteroatoms. The third-order valence-electron chi connectivity index (χ3n) is 6.67. The van der Waals surface area contributed by atoms with Gasteiger partial charge in [-0.25, -0.2) is 5.43 Å². The number of rotatable bonds is 11. The molecule has 42 heavy (non-hydrogen) atoms. The number of hydrogen-bond donors (Lipinski definition) is 2. The Morgan fingerprint density at radius 1 is 0.952 bits per heavy atom. The lowest BCUT2D eigenvalue weighted by Crippen LogP contribution is -2.36. The zero-order valence-corrected chi connectivity index (χ0v) is 23.3. The van der Waals surface area contributed by atoms with Crippen LogP contribution in [0.3, 0.4) is 0 Å². The van der Waals surface area contributed by atoms with E-state index < -0.39 is 5.91 Å². The quantitative estimate of drug-likeness (QED) is 0.143. The summed E-state index contributed by atoms with van der Waals surface area (Å²) in [5.41, 5.74) is 5.54. The first-order chi connectivity index (χ1) is 20.5. The molecule has 0 saturated carbocycles. The van der Waals surface area contributed by atoms with Gasteiger partial charge in [-0.3, -0.25) is 9.59 Å². The number of carbonyl (C=O) groups excluding carboxylic acids is 2. The molecule has 2 N–H and O–H groups in total. The van der Waals surface area contributed by atoms with Gasteiger partial charge in [0, 0.05) is 35.2 Å². The van der Waals surface area contributed by atoms with Crippen molar-refractivity contribution in [1.82, 2.24) is 10.3 Å². The van der Waals surface area contributed by atoms with E-state index in [0.29, 0.717) is 18.8 Å². The van der Waals surface area contributed by atoms with Crippen molar-refractivity contribution in [3.63, 3.8) is 0 Å². The molecule has 0 aliphatic rings. The van der Waals surface area contributed by atoms with Crippen LogP contribution in [0.1, 0.15) is 27.0 Å². The Morgan fingerprint density at radius 3 is 2.50 bits per heavy atom. The van der Waals surface area contributed by atoms with Crippen LogP contribution in [0.2, 0.25) is 5.02 Å². The monoisotopic (exact) mass is 581 g/mol. The zero-order valence-electron chi connectivity index (χ0n) is 22.6. The first-order valence-corrected chi connectivity index (χ1v) is 13.6. The molecule has 0 fully saturated rings. The Labute approximate surface area is 247 Å². The van der Waals surface area contributed by atoms with Crippen molar-refractivity contribution in [1.29, 1.82) is 0 Å². The highest BCUT2D eigenvalue weighted by Crippen LogP contribution is 2.28. The first kappa shape index (κ1) is 28.4. The maximum Gasteiger partial charge on any atom is 0.271 e. The number of amides is 2. The van der Waals surface area contributed by atoms with E-state index in [1.807, 2.05) is 66.7 Å². The molecule has 0 atom stereocenters. The normalized spacial score (nSPS) is 11.1. The molecule has 5 aromatic rings. The van der Waals surface area contributed by atoms with Gasteiger partial charge in [0.2, 0.25) is 0 Å². The third kappa shape index (κ3) is 7.16. The molecule has 1 aromatic heterocycles. The van der Waals surface area contributed by atoms with E-state index in [1.54, 1.807) is 23.5 Å². The van der Waals surface area contributed by atoms with Gasteiger partial charge in [-0.2, -0.15) is 5.10 Å². The molecular formula is C33H28ClN3O5. The number of ether oxygens (including phenoxy) is 1. The summed E-state index contributed by atoms with van der Waals surface area (Å²) >= 11 is 5.90. The predicted molar refractivity (Wildman–Crippen MR) is 162 cm³/mol. The second-order valence-corrected chi connectivity index (χ2v) is 9.94. The van der Waals surface area contributed by atoms with Gasteiger partial charge < -0.3 is 19.2 Å². The summed E-state index contributed by atoms with van der Waals surface area (Å²) in [6.07, 6.45) is 5.49. The Morgan fingerprint density at radius 2 is 1.74 bits per heavy atom. The molecule has 0 spiro atoms. The summed E-state index contributed by atoms with van der Waals surface area (Å²) in [5, 5.41) is 15.4. The lowest BCUT2D eigenvalue weighted by atomic mass is 10.0. The number of aromatic hydroxyl groups is 1. The van der Waals surface area contributed by atoms with Crippen LogP contribution in [0.4, 0.5) is 0 Å². The van der Waals surface area contributed by atoms with E-state index in [1.165, 1.54) is 24.4 Å². The third-order valence-corrected chi connectivity index (χ3v) is 6.97. The van der Waals surface area contributed by atoms with Crippen molar-refractivity contribution in [3.05, 3.63) is 131 Å². The Balaban J connectivity index is 1.27. The fraction of sp³-hybridized carbons (Fsp3) is 0.121. The Hall–Kier alpha value is -5.08. The molecule has 0 aliphatic heterocycles. The SMILES string of the molecule is O=C(N/N=C/c1ccc(OCC(=O)N(CCc2ccccc2)Cc2ccoc2)c2ccccc12)c1ccc(O)c(Cl)c1. The topological polar surface area (TPSA) is 104 Å². The van der Waals surface area contributed by atoms with Crippen molar-refractivity contribution in [2.24, 2.45) is 5.10 Å². The molecule has 4 aromatic carbocycles. The van der Waals surface area contributed by atoms with Crippen LogP contribution >= 0.6 is 11.6 Å². The second-order valence-electron chi connectivity index (χ2n) is 9.53. The summed E-state index contributed by atoms with van der Waals surface area (Å²) in [6, 6.07) is 27.2. The average Bonchev–Trinajstić information content (AvgIpc) is 3.53. The van der Waals surface area contributed by atoms with Crippen molar-refractivity contribution in [3.8, 4) is 11.5 Å². The van der Waals surface area contributed by atoms with Crippen LogP contribution in [-0.4, -0.2) is 41.2 Å². The average molecular weight is 582 g/mol. The zero-order chi connectivity index (χ0) is 29.3. The van der Waals surface area contributed by atoms with Crippen molar-refractivity contribution in [2.75, 3.05) is 13.2 Å². The van der Waals surface area contributed by atoms with Gasteiger partial charge in [0.1, 0.15) is 11.5 Å². The molecule has 5 rings (SSSR count). The molecule has 8 nitrogen and oxygen atoms in total. The maximum absolute atomic E-state index is 13.3. The van der Waals surface area contributed by atoms with Crippen LogP contribution < -0.4 is 10.2 Å². The van der Waals surface area contributed by atoms with E-state index >= 15 is 0 Å². The molecule has 0 radical (unpaired) electrons. The van der Waals surface area contributed by atoms with Crippen LogP contribution in [-0.2, 0) is 17.8 Å². The Kier molecular flexibility index (Phi) is 9.16. The molecule has 0 saturated heterocycles. The molecular weight excluding hydrogens is 554 g/mol. The number of hydrazone groups is 1. The lowest BCUT2D eigenvalue weighted by Gasteiger charge is -2.22. The van der Waals surface area contributed by atoms with Gasteiger partial charge in [-0.1, -0.05) is 66.2 Å². The van der Waals surface area contributed by atoms with Gasteiger partial charge in [0.25, 0.3) is 11.8 Å². The number of furan rings is 1. The maximum atomic E-state index is 13.3. The molecule has 0 unspecified atom stereocenters. The molecule has 1 heterocycles. The summed E-state index contributed by atoms with van der Waals surface area (Å²) in [4.78, 5) is 27.5. The van der Waals surface area contributed by atoms with Gasteiger partial charge in [-0.15, -0.1) is 0 Å². The van der Waals surface area contributed by atoms with Crippen molar-refractivity contribution in [2.45, 2.75) is 13.0 Å². The summed E-state index contributed by atoms with van der Waals surface area (Å²) < 4.78 is 11.2. The lowest BCUT2D eigenvalue weighted by molar-refractivity contribution is -0.134.